The highest BCUT2D eigenvalue weighted by Gasteiger charge is 2.18. The van der Waals surface area contributed by atoms with Gasteiger partial charge >= 0.3 is 0 Å². The minimum absolute atomic E-state index is 0.153. The first-order valence-corrected chi connectivity index (χ1v) is 9.54. The average molecular weight is 557 g/mol. The van der Waals surface area contributed by atoms with Crippen LogP contribution in [0.15, 0.2) is 49.2 Å². The third kappa shape index (κ3) is 4.48. The maximum absolute atomic E-state index is 12.6. The Kier molecular flexibility index (Phi) is 5.89. The first-order valence-electron chi connectivity index (χ1n) is 7.39. The molecular formula is C17H13I2N5O. The van der Waals surface area contributed by atoms with Crippen LogP contribution < -0.4 is 5.32 Å². The lowest BCUT2D eigenvalue weighted by atomic mass is 10.1. The summed E-state index contributed by atoms with van der Waals surface area (Å²) in [6.45, 7) is 1.88. The third-order valence-electron chi connectivity index (χ3n) is 3.41. The van der Waals surface area contributed by atoms with Gasteiger partial charge in [0.1, 0.15) is 11.4 Å². The van der Waals surface area contributed by atoms with Gasteiger partial charge in [-0.05, 0) is 70.3 Å². The molecule has 2 aromatic heterocycles. The number of amides is 1. The molecule has 1 amide bonds. The Balaban J connectivity index is 1.87. The van der Waals surface area contributed by atoms with E-state index in [0.717, 1.165) is 7.14 Å². The van der Waals surface area contributed by atoms with Crippen LogP contribution in [0.3, 0.4) is 0 Å². The van der Waals surface area contributed by atoms with E-state index in [4.69, 9.17) is 0 Å². The average Bonchev–Trinajstić information content (AvgIpc) is 2.61. The molecule has 8 heteroatoms. The highest BCUT2D eigenvalue weighted by Crippen LogP contribution is 2.22. The Labute approximate surface area is 172 Å². The monoisotopic (exact) mass is 557 g/mol. The van der Waals surface area contributed by atoms with E-state index in [1.54, 1.807) is 31.0 Å². The molecule has 0 spiro atoms. The van der Waals surface area contributed by atoms with Crippen molar-refractivity contribution >= 4 is 51.1 Å². The van der Waals surface area contributed by atoms with Gasteiger partial charge in [-0.2, -0.15) is 0 Å². The summed E-state index contributed by atoms with van der Waals surface area (Å²) in [5, 5.41) is 2.98. The topological polar surface area (TPSA) is 80.7 Å². The molecule has 0 radical (unpaired) electrons. The van der Waals surface area contributed by atoms with Crippen molar-refractivity contribution in [2.75, 3.05) is 0 Å². The van der Waals surface area contributed by atoms with Crippen LogP contribution in [0.1, 0.15) is 29.0 Å². The molecule has 0 fully saturated rings. The number of aromatic nitrogens is 4. The van der Waals surface area contributed by atoms with Gasteiger partial charge in [-0.3, -0.25) is 24.7 Å². The minimum atomic E-state index is -0.325. The molecule has 0 bridgehead atoms. The molecule has 25 heavy (non-hydrogen) atoms. The molecule has 2 heterocycles. The summed E-state index contributed by atoms with van der Waals surface area (Å²) in [6.07, 6.45) is 8.04. The van der Waals surface area contributed by atoms with Crippen LogP contribution in [0.25, 0.3) is 11.4 Å². The fourth-order valence-corrected chi connectivity index (χ4v) is 4.26. The fraction of sp³-hybridized carbons (Fsp3) is 0.118. The Morgan fingerprint density at radius 1 is 1.00 bits per heavy atom. The quantitative estimate of drug-likeness (QED) is 0.496. The summed E-state index contributed by atoms with van der Waals surface area (Å²) in [4.78, 5) is 29.7. The van der Waals surface area contributed by atoms with Crippen LogP contribution in [-0.4, -0.2) is 25.8 Å². The van der Waals surface area contributed by atoms with Crippen LogP contribution in [0.4, 0.5) is 0 Å². The van der Waals surface area contributed by atoms with Gasteiger partial charge in [0.05, 0.1) is 17.9 Å². The van der Waals surface area contributed by atoms with Crippen molar-refractivity contribution < 1.29 is 4.79 Å². The summed E-state index contributed by atoms with van der Waals surface area (Å²) in [5.41, 5.74) is 2.50. The molecule has 1 aromatic carbocycles. The SMILES string of the molecule is CC(NC(=O)c1cc(I)cc(I)c1)c1nccnc1-c1cnccn1. The second-order valence-corrected chi connectivity index (χ2v) is 7.73. The number of nitrogens with one attached hydrogen (secondary N) is 1. The zero-order chi connectivity index (χ0) is 17.8. The molecule has 3 rings (SSSR count). The highest BCUT2D eigenvalue weighted by molar-refractivity contribution is 14.1. The van der Waals surface area contributed by atoms with E-state index in [2.05, 4.69) is 70.4 Å². The Hall–Kier alpha value is -1.69. The van der Waals surface area contributed by atoms with E-state index in [1.807, 2.05) is 25.1 Å². The van der Waals surface area contributed by atoms with Crippen LogP contribution in [0.2, 0.25) is 0 Å². The van der Waals surface area contributed by atoms with Crippen molar-refractivity contribution in [2.24, 2.45) is 0 Å². The first-order chi connectivity index (χ1) is 12.0. The number of halogens is 2. The number of carbonyl (C=O) groups is 1. The van der Waals surface area contributed by atoms with Gasteiger partial charge in [-0.1, -0.05) is 0 Å². The predicted molar refractivity (Wildman–Crippen MR) is 111 cm³/mol. The van der Waals surface area contributed by atoms with Gasteiger partial charge in [0.15, 0.2) is 0 Å². The van der Waals surface area contributed by atoms with Crippen LogP contribution in [0.5, 0.6) is 0 Å². The zero-order valence-corrected chi connectivity index (χ0v) is 17.5. The normalized spacial score (nSPS) is 11.8. The number of benzene rings is 1. The third-order valence-corrected chi connectivity index (χ3v) is 4.66. The van der Waals surface area contributed by atoms with Crippen molar-refractivity contribution in [3.05, 3.63) is 67.6 Å². The Bertz CT molecular complexity index is 884. The maximum atomic E-state index is 12.6. The minimum Gasteiger partial charge on any atom is -0.344 e. The number of hydrogen-bond acceptors (Lipinski definition) is 5. The van der Waals surface area contributed by atoms with Crippen molar-refractivity contribution in [1.82, 2.24) is 25.3 Å². The van der Waals surface area contributed by atoms with E-state index >= 15 is 0 Å². The first kappa shape index (κ1) is 18.1. The molecule has 0 saturated heterocycles. The van der Waals surface area contributed by atoms with Crippen LogP contribution in [0, 0.1) is 7.14 Å². The predicted octanol–water partition coefficient (Wildman–Crippen LogP) is 3.63. The lowest BCUT2D eigenvalue weighted by molar-refractivity contribution is 0.0939. The van der Waals surface area contributed by atoms with Crippen LogP contribution >= 0.6 is 45.2 Å². The number of rotatable bonds is 4. The summed E-state index contributed by atoms with van der Waals surface area (Å²) in [5.74, 6) is -0.153. The second-order valence-electron chi connectivity index (χ2n) is 5.23. The lowest BCUT2D eigenvalue weighted by Crippen LogP contribution is -2.28. The number of hydrogen-bond donors (Lipinski definition) is 1. The van der Waals surface area contributed by atoms with Crippen molar-refractivity contribution in [2.45, 2.75) is 13.0 Å². The lowest BCUT2D eigenvalue weighted by Gasteiger charge is -2.16. The molecule has 1 N–H and O–H groups in total. The summed E-state index contributed by atoms with van der Waals surface area (Å²) >= 11 is 4.40. The van der Waals surface area contributed by atoms with E-state index in [9.17, 15) is 4.79 Å². The van der Waals surface area contributed by atoms with Gasteiger partial charge in [-0.15, -0.1) is 0 Å². The smallest absolute Gasteiger partial charge is 0.251 e. The molecule has 1 unspecified atom stereocenters. The molecule has 0 aliphatic carbocycles. The molecular weight excluding hydrogens is 544 g/mol. The number of carbonyl (C=O) groups excluding carboxylic acids is 1. The molecule has 126 valence electrons. The van der Waals surface area contributed by atoms with Crippen molar-refractivity contribution in [3.8, 4) is 11.4 Å². The molecule has 1 atom stereocenters. The molecule has 0 saturated carbocycles. The van der Waals surface area contributed by atoms with E-state index in [1.165, 1.54) is 0 Å². The highest BCUT2D eigenvalue weighted by atomic mass is 127. The van der Waals surface area contributed by atoms with Crippen molar-refractivity contribution in [1.29, 1.82) is 0 Å². The maximum Gasteiger partial charge on any atom is 0.251 e. The van der Waals surface area contributed by atoms with E-state index in [-0.39, 0.29) is 11.9 Å². The van der Waals surface area contributed by atoms with Gasteiger partial charge in [0.2, 0.25) is 0 Å². The molecule has 0 aliphatic heterocycles. The fourth-order valence-electron chi connectivity index (χ4n) is 2.32. The second kappa shape index (κ2) is 8.13. The zero-order valence-electron chi connectivity index (χ0n) is 13.1. The Morgan fingerprint density at radius 2 is 1.68 bits per heavy atom. The molecule has 6 nitrogen and oxygen atoms in total. The standard InChI is InChI=1S/C17H13I2N5O/c1-10(24-17(25)11-6-12(18)8-13(19)7-11)15-16(23-5-4-22-15)14-9-20-2-3-21-14/h2-10H,1H3,(H,24,25). The van der Waals surface area contributed by atoms with Crippen molar-refractivity contribution in [3.63, 3.8) is 0 Å². The van der Waals surface area contributed by atoms with Gasteiger partial charge < -0.3 is 5.32 Å². The summed E-state index contributed by atoms with van der Waals surface area (Å²) < 4.78 is 2.03. The van der Waals surface area contributed by atoms with Gasteiger partial charge in [0, 0.05) is 37.5 Å². The van der Waals surface area contributed by atoms with Gasteiger partial charge in [0.25, 0.3) is 5.91 Å². The van der Waals surface area contributed by atoms with E-state index in [0.29, 0.717) is 22.6 Å². The number of nitrogens with zero attached hydrogens (tertiary/aromatic N) is 4. The summed E-state index contributed by atoms with van der Waals surface area (Å²) in [7, 11) is 0. The molecule has 0 aliphatic rings. The summed E-state index contributed by atoms with van der Waals surface area (Å²) in [6, 6.07) is 5.39. The largest absolute Gasteiger partial charge is 0.344 e. The van der Waals surface area contributed by atoms with Crippen LogP contribution in [-0.2, 0) is 0 Å². The van der Waals surface area contributed by atoms with Gasteiger partial charge in [-0.25, -0.2) is 0 Å². The molecule has 3 aromatic rings. The van der Waals surface area contributed by atoms with E-state index < -0.39 is 0 Å². The Morgan fingerprint density at radius 3 is 2.36 bits per heavy atom.